The van der Waals surface area contributed by atoms with Gasteiger partial charge >= 0.3 is 6.18 Å². The number of nitrogens with zero attached hydrogens (tertiary/aromatic N) is 7. The van der Waals surface area contributed by atoms with Gasteiger partial charge in [-0.25, -0.2) is 15.0 Å². The molecule has 1 saturated carbocycles. The summed E-state index contributed by atoms with van der Waals surface area (Å²) < 4.78 is 48.0. The average molecular weight is 590 g/mol. The Morgan fingerprint density at radius 2 is 1.95 bits per heavy atom. The van der Waals surface area contributed by atoms with Crippen LogP contribution in [-0.4, -0.2) is 42.0 Å². The number of rotatable bonds is 7. The lowest BCUT2D eigenvalue weighted by Crippen LogP contribution is -2.28. The first-order valence-corrected chi connectivity index (χ1v) is 12.5. The van der Waals surface area contributed by atoms with Crippen LogP contribution < -0.4 is 26.2 Å². The molecule has 4 heterocycles. The van der Waals surface area contributed by atoms with Crippen LogP contribution in [-0.2, 0) is 25.1 Å². The Morgan fingerprint density at radius 1 is 1.22 bits per heavy atom. The number of hydrogen-bond donors (Lipinski definition) is 2. The van der Waals surface area contributed by atoms with Gasteiger partial charge in [-0.2, -0.15) is 18.2 Å². The molecule has 41 heavy (non-hydrogen) atoms. The maximum absolute atomic E-state index is 13.3. The molecule has 0 aromatic carbocycles. The number of hydrogen-bond acceptors (Lipinski definition) is 9. The Labute approximate surface area is 235 Å². The first-order chi connectivity index (χ1) is 19.4. The summed E-state index contributed by atoms with van der Waals surface area (Å²) in [6.07, 6.45) is 3.03. The largest absolute Gasteiger partial charge is 0.450 e. The Balaban J connectivity index is 1.41. The summed E-state index contributed by atoms with van der Waals surface area (Å²) in [6, 6.07) is 0.704. The summed E-state index contributed by atoms with van der Waals surface area (Å²) in [6.45, 7) is 0. The fourth-order valence-electron chi connectivity index (χ4n) is 4.00. The molecule has 1 fully saturated rings. The molecule has 4 aromatic rings. The van der Waals surface area contributed by atoms with Gasteiger partial charge in [0.1, 0.15) is 21.9 Å². The van der Waals surface area contributed by atoms with E-state index in [2.05, 4.69) is 25.3 Å². The molecule has 0 atom stereocenters. The second-order valence-corrected chi connectivity index (χ2v) is 9.73. The lowest BCUT2D eigenvalue weighted by Gasteiger charge is -2.16. The van der Waals surface area contributed by atoms with Crippen LogP contribution in [0.25, 0.3) is 16.9 Å². The van der Waals surface area contributed by atoms with Crippen LogP contribution in [0.3, 0.4) is 0 Å². The van der Waals surface area contributed by atoms with Crippen LogP contribution in [0.4, 0.5) is 30.6 Å². The zero-order chi connectivity index (χ0) is 29.6. The van der Waals surface area contributed by atoms with E-state index in [1.165, 1.54) is 42.2 Å². The standard InChI is InChI=1S/C25H23ClF3N9O3/c1-36-11-13(25(27,28)29)6-14(23(36)40)34-24-35-21-20(38(24)3)19(26)17(9-33-21)41-16(7-30)15-8-32-18(10-31-15)37(2)22(39)12-4-5-12/h6-12H,4-5,30H2,1-3H3,(H,33,34,35). The number of alkyl halides is 3. The monoisotopic (exact) mass is 589 g/mol. The van der Waals surface area contributed by atoms with Crippen molar-refractivity contribution in [2.45, 2.75) is 19.0 Å². The van der Waals surface area contributed by atoms with Crippen molar-refractivity contribution in [2.75, 3.05) is 17.3 Å². The molecule has 0 bridgehead atoms. The number of anilines is 3. The van der Waals surface area contributed by atoms with Crippen LogP contribution in [0.15, 0.2) is 41.8 Å². The second kappa shape index (κ2) is 10.4. The minimum Gasteiger partial charge on any atom is -0.450 e. The van der Waals surface area contributed by atoms with Crippen molar-refractivity contribution >= 4 is 51.9 Å². The van der Waals surface area contributed by atoms with Gasteiger partial charge in [0.2, 0.25) is 11.9 Å². The van der Waals surface area contributed by atoms with E-state index in [-0.39, 0.29) is 56.8 Å². The molecule has 1 aliphatic rings. The maximum atomic E-state index is 13.3. The smallest absolute Gasteiger partial charge is 0.417 e. The number of aromatic nitrogens is 6. The fourth-order valence-corrected chi connectivity index (χ4v) is 4.30. The van der Waals surface area contributed by atoms with E-state index in [0.717, 1.165) is 23.6 Å². The van der Waals surface area contributed by atoms with Crippen molar-refractivity contribution in [1.29, 1.82) is 0 Å². The molecule has 3 N–H and O–H groups in total. The Bertz CT molecular complexity index is 1750. The number of amides is 1. The Hall–Kier alpha value is -4.66. The molecule has 0 radical (unpaired) electrons. The summed E-state index contributed by atoms with van der Waals surface area (Å²) in [7, 11) is 4.38. The Kier molecular flexibility index (Phi) is 7.07. The number of pyridine rings is 2. The van der Waals surface area contributed by atoms with Crippen molar-refractivity contribution in [3.8, 4) is 5.75 Å². The molecule has 1 aliphatic carbocycles. The summed E-state index contributed by atoms with van der Waals surface area (Å²) in [4.78, 5) is 43.3. The second-order valence-electron chi connectivity index (χ2n) is 9.35. The number of aryl methyl sites for hydroxylation is 2. The van der Waals surface area contributed by atoms with Crippen LogP contribution in [0.5, 0.6) is 5.75 Å². The normalized spacial score (nSPS) is 13.9. The highest BCUT2D eigenvalue weighted by Crippen LogP contribution is 2.36. The first kappa shape index (κ1) is 27.9. The minimum atomic E-state index is -4.66. The molecule has 0 unspecified atom stereocenters. The zero-order valence-electron chi connectivity index (χ0n) is 21.9. The van der Waals surface area contributed by atoms with E-state index in [9.17, 15) is 22.8 Å². The molecule has 16 heteroatoms. The first-order valence-electron chi connectivity index (χ1n) is 12.1. The molecule has 0 aliphatic heterocycles. The average Bonchev–Trinajstić information content (AvgIpc) is 3.74. The van der Waals surface area contributed by atoms with Crippen molar-refractivity contribution in [2.24, 2.45) is 25.7 Å². The fraction of sp³-hybridized carbons (Fsp3) is 0.280. The van der Waals surface area contributed by atoms with Gasteiger partial charge in [-0.3, -0.25) is 14.5 Å². The van der Waals surface area contributed by atoms with Crippen molar-refractivity contribution in [3.63, 3.8) is 0 Å². The molecular weight excluding hydrogens is 567 g/mol. The van der Waals surface area contributed by atoms with Crippen LogP contribution >= 0.6 is 11.6 Å². The van der Waals surface area contributed by atoms with E-state index >= 15 is 0 Å². The number of carbonyl (C=O) groups excluding carboxylic acids is 1. The van der Waals surface area contributed by atoms with Crippen LogP contribution in [0.1, 0.15) is 24.1 Å². The quantitative estimate of drug-likeness (QED) is 0.309. The summed E-state index contributed by atoms with van der Waals surface area (Å²) in [5.74, 6) is 0.551. The van der Waals surface area contributed by atoms with Crippen molar-refractivity contribution < 1.29 is 22.7 Å². The highest BCUT2D eigenvalue weighted by Gasteiger charge is 2.33. The molecule has 4 aromatic heterocycles. The Morgan fingerprint density at radius 3 is 2.56 bits per heavy atom. The number of nitrogens with one attached hydrogen (secondary N) is 1. The van der Waals surface area contributed by atoms with Crippen LogP contribution in [0.2, 0.25) is 5.02 Å². The van der Waals surface area contributed by atoms with E-state index in [4.69, 9.17) is 22.1 Å². The lowest BCUT2D eigenvalue weighted by atomic mass is 10.2. The third-order valence-electron chi connectivity index (χ3n) is 6.42. The van der Waals surface area contributed by atoms with E-state index in [1.54, 1.807) is 7.05 Å². The van der Waals surface area contributed by atoms with Crippen molar-refractivity contribution in [3.05, 3.63) is 63.7 Å². The van der Waals surface area contributed by atoms with Gasteiger partial charge in [0.25, 0.3) is 5.56 Å². The predicted octanol–water partition coefficient (Wildman–Crippen LogP) is 3.58. The van der Waals surface area contributed by atoms with Gasteiger partial charge in [-0.1, -0.05) is 11.6 Å². The summed E-state index contributed by atoms with van der Waals surface area (Å²) in [5, 5.41) is 2.71. The van der Waals surface area contributed by atoms with Gasteiger partial charge in [0, 0.05) is 39.5 Å². The highest BCUT2D eigenvalue weighted by molar-refractivity contribution is 6.36. The number of nitrogens with two attached hydrogens (primary N) is 1. The summed E-state index contributed by atoms with van der Waals surface area (Å²) in [5.41, 5.74) is 4.40. The van der Waals surface area contributed by atoms with Gasteiger partial charge in [0.05, 0.1) is 24.2 Å². The number of carbonyl (C=O) groups is 1. The molecular formula is C25H23ClF3N9O3. The van der Waals surface area contributed by atoms with Crippen molar-refractivity contribution in [1.82, 2.24) is 29.1 Å². The van der Waals surface area contributed by atoms with Gasteiger partial charge in [0.15, 0.2) is 23.0 Å². The topological polar surface area (TPSA) is 146 Å². The van der Waals surface area contributed by atoms with Crippen LogP contribution in [0, 0.1) is 5.92 Å². The molecule has 0 saturated heterocycles. The third kappa shape index (κ3) is 5.39. The van der Waals surface area contributed by atoms with E-state index in [1.807, 2.05) is 0 Å². The third-order valence-corrected chi connectivity index (χ3v) is 6.79. The number of halogens is 4. The zero-order valence-corrected chi connectivity index (χ0v) is 22.7. The van der Waals surface area contributed by atoms with E-state index < -0.39 is 17.3 Å². The van der Waals surface area contributed by atoms with E-state index in [0.29, 0.717) is 18.1 Å². The number of imidazole rings is 1. The molecule has 12 nitrogen and oxygen atoms in total. The minimum absolute atomic E-state index is 0.0175. The highest BCUT2D eigenvalue weighted by atomic mass is 35.5. The predicted molar refractivity (Wildman–Crippen MR) is 144 cm³/mol. The maximum Gasteiger partial charge on any atom is 0.417 e. The molecule has 1 amide bonds. The molecule has 214 valence electrons. The van der Waals surface area contributed by atoms with Gasteiger partial charge in [-0.05, 0) is 18.9 Å². The number of fused-ring (bicyclic) bond motifs is 1. The SMILES string of the molecule is CN(C(=O)C1CC1)c1cnc(C(=CN)Oc2cnc3nc(Nc4cc(C(F)(F)F)cn(C)c4=O)n(C)c3c2Cl)cn1. The molecule has 5 rings (SSSR count). The molecule has 0 spiro atoms. The summed E-state index contributed by atoms with van der Waals surface area (Å²) >= 11 is 6.61. The lowest BCUT2D eigenvalue weighted by molar-refractivity contribution is -0.138. The number of ether oxygens (including phenoxy) is 1. The van der Waals surface area contributed by atoms with Gasteiger partial charge in [-0.15, -0.1) is 0 Å². The van der Waals surface area contributed by atoms with Gasteiger partial charge < -0.3 is 24.9 Å².